The minimum atomic E-state index is -0.198. The number of rotatable bonds is 8. The van der Waals surface area contributed by atoms with Gasteiger partial charge >= 0.3 is 0 Å². The van der Waals surface area contributed by atoms with Gasteiger partial charge in [-0.25, -0.2) is 0 Å². The molecular formula is C24H27BrN2O2. The van der Waals surface area contributed by atoms with E-state index < -0.39 is 0 Å². The van der Waals surface area contributed by atoms with Gasteiger partial charge in [-0.1, -0.05) is 58.4 Å². The highest BCUT2D eigenvalue weighted by Gasteiger charge is 2.17. The fourth-order valence-corrected chi connectivity index (χ4v) is 3.39. The molecule has 0 radical (unpaired) electrons. The Morgan fingerprint density at radius 1 is 0.966 bits per heavy atom. The lowest BCUT2D eigenvalue weighted by Crippen LogP contribution is -2.29. The first-order valence-corrected chi connectivity index (χ1v) is 10.6. The maximum absolute atomic E-state index is 12.6. The number of hydrogen-bond acceptors (Lipinski definition) is 3. The minimum absolute atomic E-state index is 0.0817. The molecule has 152 valence electrons. The predicted octanol–water partition coefficient (Wildman–Crippen LogP) is 5.94. The van der Waals surface area contributed by atoms with E-state index in [1.54, 1.807) is 6.07 Å². The molecule has 5 heteroatoms. The fraction of sp³-hybridized carbons (Fsp3) is 0.292. The fourth-order valence-electron chi connectivity index (χ4n) is 3.12. The number of benzene rings is 2. The van der Waals surface area contributed by atoms with Crippen LogP contribution >= 0.6 is 15.9 Å². The molecule has 1 atom stereocenters. The second kappa shape index (κ2) is 9.90. The lowest BCUT2D eigenvalue weighted by atomic mass is 10.1. The summed E-state index contributed by atoms with van der Waals surface area (Å²) < 4.78 is 6.93. The first-order chi connectivity index (χ1) is 13.9. The summed E-state index contributed by atoms with van der Waals surface area (Å²) in [5.74, 6) is 0.931. The van der Waals surface area contributed by atoms with E-state index in [0.29, 0.717) is 18.3 Å². The third-order valence-corrected chi connectivity index (χ3v) is 5.45. The van der Waals surface area contributed by atoms with Crippen molar-refractivity contribution in [2.24, 2.45) is 0 Å². The van der Waals surface area contributed by atoms with Crippen molar-refractivity contribution in [1.29, 1.82) is 0 Å². The Kier molecular flexibility index (Phi) is 7.29. The van der Waals surface area contributed by atoms with E-state index in [1.165, 1.54) is 5.56 Å². The average Bonchev–Trinajstić information content (AvgIpc) is 3.18. The summed E-state index contributed by atoms with van der Waals surface area (Å²) in [4.78, 5) is 14.9. The van der Waals surface area contributed by atoms with Crippen molar-refractivity contribution in [2.75, 3.05) is 0 Å². The Labute approximate surface area is 181 Å². The zero-order chi connectivity index (χ0) is 20.8. The summed E-state index contributed by atoms with van der Waals surface area (Å²) in [5.41, 5.74) is 2.30. The Hall–Kier alpha value is -2.37. The monoisotopic (exact) mass is 454 g/mol. The maximum atomic E-state index is 12.6. The van der Waals surface area contributed by atoms with E-state index in [9.17, 15) is 4.79 Å². The molecule has 2 aromatic carbocycles. The topological polar surface area (TPSA) is 45.5 Å². The highest BCUT2D eigenvalue weighted by Crippen LogP contribution is 2.18. The molecule has 0 bridgehead atoms. The summed E-state index contributed by atoms with van der Waals surface area (Å²) >= 11 is 3.48. The Morgan fingerprint density at radius 2 is 1.66 bits per heavy atom. The molecule has 1 unspecified atom stereocenters. The van der Waals surface area contributed by atoms with E-state index >= 15 is 0 Å². The van der Waals surface area contributed by atoms with E-state index in [1.807, 2.05) is 43.3 Å². The zero-order valence-corrected chi connectivity index (χ0v) is 18.6. The number of halogens is 1. The van der Waals surface area contributed by atoms with Crippen LogP contribution in [0.3, 0.4) is 0 Å². The lowest BCUT2D eigenvalue weighted by molar-refractivity contribution is 0.0906. The van der Waals surface area contributed by atoms with Gasteiger partial charge in [-0.2, -0.15) is 0 Å². The molecule has 1 heterocycles. The van der Waals surface area contributed by atoms with Crippen LogP contribution in [-0.2, 0) is 13.1 Å². The molecule has 1 amide bonds. The molecule has 3 aromatic rings. The summed E-state index contributed by atoms with van der Waals surface area (Å²) in [5, 5.41) is 3.00. The van der Waals surface area contributed by atoms with Crippen LogP contribution < -0.4 is 5.32 Å². The van der Waals surface area contributed by atoms with Crippen molar-refractivity contribution in [3.05, 3.63) is 93.9 Å². The van der Waals surface area contributed by atoms with Gasteiger partial charge in [-0.3, -0.25) is 9.69 Å². The predicted molar refractivity (Wildman–Crippen MR) is 120 cm³/mol. The van der Waals surface area contributed by atoms with Crippen LogP contribution in [0.15, 0.2) is 75.6 Å². The van der Waals surface area contributed by atoms with Crippen molar-refractivity contribution < 1.29 is 9.21 Å². The second-order valence-corrected chi connectivity index (χ2v) is 8.41. The number of amides is 1. The molecule has 0 saturated carbocycles. The summed E-state index contributed by atoms with van der Waals surface area (Å²) in [6, 6.07) is 22.1. The van der Waals surface area contributed by atoms with Crippen LogP contribution in [-0.4, -0.2) is 16.8 Å². The number of carbonyl (C=O) groups is 1. The first kappa shape index (κ1) is 21.3. The smallest absolute Gasteiger partial charge is 0.287 e. The lowest BCUT2D eigenvalue weighted by Gasteiger charge is -2.25. The quantitative estimate of drug-likeness (QED) is 0.457. The van der Waals surface area contributed by atoms with Crippen LogP contribution in [0.25, 0.3) is 0 Å². The second-order valence-electron chi connectivity index (χ2n) is 7.50. The van der Waals surface area contributed by atoms with Gasteiger partial charge in [0.05, 0.1) is 12.6 Å². The van der Waals surface area contributed by atoms with Crippen molar-refractivity contribution in [2.45, 2.75) is 45.9 Å². The number of nitrogens with zero attached hydrogens (tertiary/aromatic N) is 1. The van der Waals surface area contributed by atoms with Crippen LogP contribution in [0, 0.1) is 0 Å². The third kappa shape index (κ3) is 6.05. The Bertz CT molecular complexity index is 920. The normalized spacial score (nSPS) is 12.3. The van der Waals surface area contributed by atoms with Crippen molar-refractivity contribution in [1.82, 2.24) is 10.2 Å². The van der Waals surface area contributed by atoms with Crippen molar-refractivity contribution in [3.63, 3.8) is 0 Å². The van der Waals surface area contributed by atoms with E-state index in [2.05, 4.69) is 64.3 Å². The van der Waals surface area contributed by atoms with Gasteiger partial charge in [0.25, 0.3) is 5.91 Å². The highest BCUT2D eigenvalue weighted by molar-refractivity contribution is 9.10. The van der Waals surface area contributed by atoms with Crippen LogP contribution in [0.2, 0.25) is 0 Å². The maximum Gasteiger partial charge on any atom is 0.287 e. The molecule has 3 rings (SSSR count). The number of carbonyl (C=O) groups excluding carboxylic acids is 1. The van der Waals surface area contributed by atoms with E-state index in [0.717, 1.165) is 22.3 Å². The van der Waals surface area contributed by atoms with Crippen molar-refractivity contribution in [3.8, 4) is 0 Å². The summed E-state index contributed by atoms with van der Waals surface area (Å²) in [7, 11) is 0. The van der Waals surface area contributed by atoms with Crippen LogP contribution in [0.4, 0.5) is 0 Å². The van der Waals surface area contributed by atoms with Gasteiger partial charge in [0.2, 0.25) is 0 Å². The number of nitrogens with one attached hydrogen (secondary N) is 1. The molecule has 29 heavy (non-hydrogen) atoms. The molecular weight excluding hydrogens is 428 g/mol. The van der Waals surface area contributed by atoms with Gasteiger partial charge in [0.1, 0.15) is 5.76 Å². The Balaban J connectivity index is 1.63. The molecule has 1 N–H and O–H groups in total. The Morgan fingerprint density at radius 3 is 2.31 bits per heavy atom. The number of hydrogen-bond donors (Lipinski definition) is 1. The SMILES string of the molecule is CC(NC(=O)c1ccc(CN(Cc2ccc(Br)cc2)C(C)C)o1)c1ccccc1. The summed E-state index contributed by atoms with van der Waals surface area (Å²) in [6.07, 6.45) is 0. The standard InChI is InChI=1S/C24H27BrN2O2/c1-17(2)27(15-19-9-11-21(25)12-10-19)16-22-13-14-23(29-22)24(28)26-18(3)20-7-5-4-6-8-20/h4-14,17-18H,15-16H2,1-3H3,(H,26,28). The summed E-state index contributed by atoms with van der Waals surface area (Å²) in [6.45, 7) is 7.76. The van der Waals surface area contributed by atoms with Crippen molar-refractivity contribution >= 4 is 21.8 Å². The van der Waals surface area contributed by atoms with Gasteiger partial charge in [0.15, 0.2) is 5.76 Å². The molecule has 0 aliphatic heterocycles. The van der Waals surface area contributed by atoms with E-state index in [-0.39, 0.29) is 11.9 Å². The molecule has 0 spiro atoms. The molecule has 4 nitrogen and oxygen atoms in total. The van der Waals surface area contributed by atoms with E-state index in [4.69, 9.17) is 4.42 Å². The molecule has 1 aromatic heterocycles. The van der Waals surface area contributed by atoms with Gasteiger partial charge in [0, 0.05) is 17.1 Å². The molecule has 0 aliphatic rings. The largest absolute Gasteiger partial charge is 0.455 e. The molecule has 0 aliphatic carbocycles. The van der Waals surface area contributed by atoms with Crippen LogP contribution in [0.1, 0.15) is 54.3 Å². The van der Waals surface area contributed by atoms with Gasteiger partial charge in [-0.05, 0) is 56.2 Å². The zero-order valence-electron chi connectivity index (χ0n) is 17.1. The van der Waals surface area contributed by atoms with Gasteiger partial charge in [-0.15, -0.1) is 0 Å². The molecule has 0 saturated heterocycles. The first-order valence-electron chi connectivity index (χ1n) is 9.85. The number of furan rings is 1. The van der Waals surface area contributed by atoms with Gasteiger partial charge < -0.3 is 9.73 Å². The minimum Gasteiger partial charge on any atom is -0.455 e. The van der Waals surface area contributed by atoms with Crippen LogP contribution in [0.5, 0.6) is 0 Å². The third-order valence-electron chi connectivity index (χ3n) is 4.92. The molecule has 0 fully saturated rings. The highest BCUT2D eigenvalue weighted by atomic mass is 79.9. The average molecular weight is 455 g/mol.